The lowest BCUT2D eigenvalue weighted by Crippen LogP contribution is -2.22. The number of carbonyl (C=O) groups is 1. The predicted molar refractivity (Wildman–Crippen MR) is 58.4 cm³/mol. The number of hydrogen-bond acceptors (Lipinski definition) is 2. The summed E-state index contributed by atoms with van der Waals surface area (Å²) in [5, 5.41) is 0.644. The van der Waals surface area contributed by atoms with E-state index in [1.165, 1.54) is 0 Å². The van der Waals surface area contributed by atoms with Crippen molar-refractivity contribution in [3.63, 3.8) is 0 Å². The van der Waals surface area contributed by atoms with Crippen LogP contribution in [-0.2, 0) is 11.2 Å². The number of carbonyl (C=O) groups excluding carboxylic acids is 1. The van der Waals surface area contributed by atoms with E-state index in [-0.39, 0.29) is 11.7 Å². The Hall–Kier alpha value is -0.860. The van der Waals surface area contributed by atoms with Gasteiger partial charge in [0.05, 0.1) is 0 Å². The molecule has 0 spiro atoms. The molecular weight excluding hydrogens is 198 g/mol. The molecule has 0 fully saturated rings. The quantitative estimate of drug-likeness (QED) is 0.829. The van der Waals surface area contributed by atoms with Crippen molar-refractivity contribution in [2.24, 2.45) is 11.7 Å². The van der Waals surface area contributed by atoms with Gasteiger partial charge in [-0.2, -0.15) is 0 Å². The summed E-state index contributed by atoms with van der Waals surface area (Å²) in [5.41, 5.74) is 6.29. The van der Waals surface area contributed by atoms with Crippen LogP contribution in [0.2, 0.25) is 5.02 Å². The Bertz CT molecular complexity index is 325. The molecule has 0 saturated carbocycles. The number of ketones is 1. The van der Waals surface area contributed by atoms with Crippen LogP contribution in [0.25, 0.3) is 0 Å². The Morgan fingerprint density at radius 1 is 1.50 bits per heavy atom. The lowest BCUT2D eigenvalue weighted by molar-refractivity contribution is -0.121. The van der Waals surface area contributed by atoms with Crippen molar-refractivity contribution < 1.29 is 4.79 Å². The SMILES string of the molecule is CC(CN)C(=O)Cc1ccccc1Cl. The van der Waals surface area contributed by atoms with Gasteiger partial charge in [0.25, 0.3) is 0 Å². The van der Waals surface area contributed by atoms with Gasteiger partial charge in [0, 0.05) is 23.9 Å². The molecular formula is C11H14ClNO. The topological polar surface area (TPSA) is 43.1 Å². The van der Waals surface area contributed by atoms with Gasteiger partial charge >= 0.3 is 0 Å². The van der Waals surface area contributed by atoms with E-state index >= 15 is 0 Å². The standard InChI is InChI=1S/C11H14ClNO/c1-8(7-13)11(14)6-9-4-2-3-5-10(9)12/h2-5,8H,6-7,13H2,1H3. The molecule has 76 valence electrons. The lowest BCUT2D eigenvalue weighted by Gasteiger charge is -2.08. The summed E-state index contributed by atoms with van der Waals surface area (Å²) in [6, 6.07) is 7.38. The maximum Gasteiger partial charge on any atom is 0.141 e. The van der Waals surface area contributed by atoms with Gasteiger partial charge < -0.3 is 5.73 Å². The fraction of sp³-hybridized carbons (Fsp3) is 0.364. The van der Waals surface area contributed by atoms with Crippen molar-refractivity contribution in [3.05, 3.63) is 34.9 Å². The van der Waals surface area contributed by atoms with Crippen LogP contribution in [-0.4, -0.2) is 12.3 Å². The van der Waals surface area contributed by atoms with Crippen molar-refractivity contribution in [2.45, 2.75) is 13.3 Å². The molecule has 3 heteroatoms. The fourth-order valence-electron chi connectivity index (χ4n) is 1.14. The van der Waals surface area contributed by atoms with Gasteiger partial charge in [-0.05, 0) is 11.6 Å². The first-order chi connectivity index (χ1) is 6.65. The van der Waals surface area contributed by atoms with E-state index in [0.717, 1.165) is 5.56 Å². The van der Waals surface area contributed by atoms with Crippen molar-refractivity contribution in [3.8, 4) is 0 Å². The second-order valence-electron chi connectivity index (χ2n) is 3.37. The molecule has 2 nitrogen and oxygen atoms in total. The zero-order valence-electron chi connectivity index (χ0n) is 8.16. The first-order valence-corrected chi connectivity index (χ1v) is 4.99. The first-order valence-electron chi connectivity index (χ1n) is 4.61. The van der Waals surface area contributed by atoms with Crippen LogP contribution in [0.1, 0.15) is 12.5 Å². The molecule has 0 heterocycles. The molecule has 2 N–H and O–H groups in total. The zero-order chi connectivity index (χ0) is 10.6. The third-order valence-corrected chi connectivity index (χ3v) is 2.59. The molecule has 0 radical (unpaired) electrons. The van der Waals surface area contributed by atoms with Crippen molar-refractivity contribution >= 4 is 17.4 Å². The van der Waals surface area contributed by atoms with Crippen molar-refractivity contribution in [1.29, 1.82) is 0 Å². The minimum Gasteiger partial charge on any atom is -0.330 e. The van der Waals surface area contributed by atoms with E-state index in [1.807, 2.05) is 25.1 Å². The van der Waals surface area contributed by atoms with Gasteiger partial charge in [-0.15, -0.1) is 0 Å². The molecule has 0 aliphatic carbocycles. The molecule has 0 amide bonds. The largest absolute Gasteiger partial charge is 0.330 e. The third kappa shape index (κ3) is 2.82. The first kappa shape index (κ1) is 11.2. The number of Topliss-reactive ketones (excluding diaryl/α,β-unsaturated/α-hetero) is 1. The summed E-state index contributed by atoms with van der Waals surface area (Å²) < 4.78 is 0. The van der Waals surface area contributed by atoms with Gasteiger partial charge in [0.15, 0.2) is 0 Å². The number of nitrogens with two attached hydrogens (primary N) is 1. The van der Waals surface area contributed by atoms with Crippen LogP contribution in [0.4, 0.5) is 0 Å². The monoisotopic (exact) mass is 211 g/mol. The highest BCUT2D eigenvalue weighted by molar-refractivity contribution is 6.31. The molecule has 1 atom stereocenters. The minimum absolute atomic E-state index is 0.0914. The van der Waals surface area contributed by atoms with Gasteiger partial charge in [0.2, 0.25) is 0 Å². The molecule has 0 aliphatic rings. The molecule has 1 unspecified atom stereocenters. The van der Waals surface area contributed by atoms with Crippen LogP contribution in [0.3, 0.4) is 0 Å². The number of hydrogen-bond donors (Lipinski definition) is 1. The lowest BCUT2D eigenvalue weighted by atomic mass is 10.00. The smallest absolute Gasteiger partial charge is 0.141 e. The van der Waals surface area contributed by atoms with E-state index in [9.17, 15) is 4.79 Å². The second kappa shape index (κ2) is 5.13. The number of halogens is 1. The summed E-state index contributed by atoms with van der Waals surface area (Å²) in [6.45, 7) is 2.22. The predicted octanol–water partition coefficient (Wildman–Crippen LogP) is 2.05. The Kier molecular flexibility index (Phi) is 4.11. The molecule has 14 heavy (non-hydrogen) atoms. The molecule has 0 aliphatic heterocycles. The number of benzene rings is 1. The summed E-state index contributed by atoms with van der Waals surface area (Å²) in [5.74, 6) is 0.0480. The van der Waals surface area contributed by atoms with Gasteiger partial charge in [0.1, 0.15) is 5.78 Å². The van der Waals surface area contributed by atoms with Crippen LogP contribution < -0.4 is 5.73 Å². The summed E-state index contributed by atoms with van der Waals surface area (Å²) in [6.07, 6.45) is 0.373. The molecule has 0 bridgehead atoms. The summed E-state index contributed by atoms with van der Waals surface area (Å²) in [4.78, 5) is 11.6. The van der Waals surface area contributed by atoms with E-state index < -0.39 is 0 Å². The van der Waals surface area contributed by atoms with Crippen LogP contribution in [0.15, 0.2) is 24.3 Å². The summed E-state index contributed by atoms with van der Waals surface area (Å²) in [7, 11) is 0. The Morgan fingerprint density at radius 2 is 2.14 bits per heavy atom. The zero-order valence-corrected chi connectivity index (χ0v) is 8.92. The van der Waals surface area contributed by atoms with E-state index in [4.69, 9.17) is 17.3 Å². The maximum absolute atomic E-state index is 11.6. The van der Waals surface area contributed by atoms with Crippen LogP contribution >= 0.6 is 11.6 Å². The highest BCUT2D eigenvalue weighted by Crippen LogP contribution is 2.16. The maximum atomic E-state index is 11.6. The Labute approximate surface area is 89.1 Å². The highest BCUT2D eigenvalue weighted by Gasteiger charge is 2.12. The minimum atomic E-state index is -0.0914. The van der Waals surface area contributed by atoms with Gasteiger partial charge in [-0.1, -0.05) is 36.7 Å². The van der Waals surface area contributed by atoms with E-state index in [2.05, 4.69) is 0 Å². The van der Waals surface area contributed by atoms with Gasteiger partial charge in [-0.25, -0.2) is 0 Å². The molecule has 0 aromatic heterocycles. The van der Waals surface area contributed by atoms with Crippen molar-refractivity contribution in [1.82, 2.24) is 0 Å². The van der Waals surface area contributed by atoms with E-state index in [1.54, 1.807) is 6.07 Å². The van der Waals surface area contributed by atoms with Crippen molar-refractivity contribution in [2.75, 3.05) is 6.54 Å². The summed E-state index contributed by atoms with van der Waals surface area (Å²) >= 11 is 5.93. The Balaban J connectivity index is 2.70. The molecule has 1 aromatic rings. The van der Waals surface area contributed by atoms with Crippen LogP contribution in [0, 0.1) is 5.92 Å². The van der Waals surface area contributed by atoms with Gasteiger partial charge in [-0.3, -0.25) is 4.79 Å². The molecule has 1 aromatic carbocycles. The normalized spacial score (nSPS) is 12.5. The second-order valence-corrected chi connectivity index (χ2v) is 3.78. The average Bonchev–Trinajstić information content (AvgIpc) is 2.20. The molecule has 1 rings (SSSR count). The molecule has 0 saturated heterocycles. The van der Waals surface area contributed by atoms with Crippen LogP contribution in [0.5, 0.6) is 0 Å². The third-order valence-electron chi connectivity index (χ3n) is 2.23. The fourth-order valence-corrected chi connectivity index (χ4v) is 1.34. The highest BCUT2D eigenvalue weighted by atomic mass is 35.5. The average molecular weight is 212 g/mol. The Morgan fingerprint density at radius 3 is 2.71 bits per heavy atom. The van der Waals surface area contributed by atoms with E-state index in [0.29, 0.717) is 18.0 Å². The number of rotatable bonds is 4.